The predicted octanol–water partition coefficient (Wildman–Crippen LogP) is -5.09. The number of aliphatic carboxylic acids is 4. The number of ether oxygens (including phenoxy) is 16. The van der Waals surface area contributed by atoms with E-state index in [4.69, 9.17) is 75.8 Å². The van der Waals surface area contributed by atoms with E-state index in [1.54, 1.807) is 6.92 Å². The highest BCUT2D eigenvalue weighted by Gasteiger charge is 2.56. The molecule has 30 saturated heterocycles. The number of carbonyl (C=O) groups is 4. The Balaban J connectivity index is 0.966. The number of hydrogen-bond acceptors (Lipinski definition) is 36. The summed E-state index contributed by atoms with van der Waals surface area (Å²) in [6.45, 7) is 2.33. The Bertz CT molecular complexity index is 2510. The molecule has 16 N–H and O–H groups in total. The Hall–Kier alpha value is -1.84. The summed E-state index contributed by atoms with van der Waals surface area (Å²) in [5.41, 5.74) is 0. The lowest BCUT2D eigenvalue weighted by Crippen LogP contribution is -2.66. The summed E-state index contributed by atoms with van der Waals surface area (Å²) in [5, 5.41) is 178. The number of thioether (sulfide) groups is 4. The largest absolute Gasteiger partial charge is 0.481 e. The number of aliphatic hydroxyl groups excluding tert-OH is 12. The quantitative estimate of drug-likeness (QED) is 0.0507. The third-order valence-electron chi connectivity index (χ3n) is 17.9. The van der Waals surface area contributed by atoms with Crippen LogP contribution in [0, 0.1) is 0 Å². The van der Waals surface area contributed by atoms with Crippen LogP contribution in [0.3, 0.4) is 0 Å². The van der Waals surface area contributed by atoms with E-state index in [1.807, 2.05) is 0 Å². The molecular formula is C58H92O36S4. The Kier molecular flexibility index (Phi) is 30.6. The van der Waals surface area contributed by atoms with Crippen molar-refractivity contribution in [2.75, 3.05) is 59.2 Å². The Morgan fingerprint density at radius 1 is 0.306 bits per heavy atom. The summed E-state index contributed by atoms with van der Waals surface area (Å²) in [6, 6.07) is 0. The van der Waals surface area contributed by atoms with Gasteiger partial charge in [-0.1, -0.05) is 0 Å². The average molecular weight is 1490 g/mol. The number of carboxylic acid groups (broad SMARTS) is 4. The van der Waals surface area contributed by atoms with Gasteiger partial charge in [-0.05, 0) is 13.8 Å². The molecule has 40 heteroatoms. The highest BCUT2D eigenvalue weighted by molar-refractivity contribution is 8.00. The second kappa shape index (κ2) is 37.4. The van der Waals surface area contributed by atoms with E-state index in [0.29, 0.717) is 0 Å². The van der Waals surface area contributed by atoms with E-state index in [0.717, 1.165) is 47.0 Å². The standard InChI is InChI=1S/C58H92O36S4/c1-21-28-12-25(60)52(81-21)83-23-11-24(59)51(79-15-23)86-30-14-27(62)54(88-32(30)17-95-7-3-36(63)64)87-31-16-80-55(44(75)40(31)71)93-49-34(19-97-9-5-38(67)68)91-58(47(78)43(49)74)94-50-35(20-98-10-6-39(69)70)90-57(46(77)42(50)73)85-29-13-26(61)53(82-22(29)2)92-48-33(18-96-8-4-37(65)66)89-56(84-28)45(76)41(48)72/h21-35,40-62,71-78H,3-20H2,1-2H3,(H,63,64)(H,65,66)(H,67,68)(H,69,70)/t21-,22-,23+,24-,25-,26-,27-,28+,29+,30+,31-,32-,33-,34-,35-,40+,41-,42-,43-,44-,45-,46-,47-,48-,49-,50-,51-,52-,53-,54+,55-,56+,57+,58-/m1/s1. The molecule has 36 nitrogen and oxygen atoms in total. The second-order valence-electron chi connectivity index (χ2n) is 25.3. The van der Waals surface area contributed by atoms with Crippen LogP contribution in [0.5, 0.6) is 0 Å². The molecule has 30 rings (SSSR count). The lowest BCUT2D eigenvalue weighted by molar-refractivity contribution is -0.381. The normalized spacial score (nSPS) is 46.1. The molecule has 0 aliphatic carbocycles. The lowest BCUT2D eigenvalue weighted by atomic mass is 9.96. The van der Waals surface area contributed by atoms with Crippen molar-refractivity contribution in [3.63, 3.8) is 0 Å². The number of rotatable bonds is 20. The number of carboxylic acids is 4. The fraction of sp³-hybridized carbons (Fsp3) is 0.931. The van der Waals surface area contributed by atoms with E-state index in [1.165, 1.54) is 6.92 Å². The maximum Gasteiger partial charge on any atom is 0.304 e. The predicted molar refractivity (Wildman–Crippen MR) is 331 cm³/mol. The molecule has 30 aliphatic heterocycles. The minimum absolute atomic E-state index is 0.00481. The van der Waals surface area contributed by atoms with Crippen molar-refractivity contribution >= 4 is 70.9 Å². The molecule has 34 atom stereocenters. The van der Waals surface area contributed by atoms with E-state index in [2.05, 4.69) is 0 Å². The molecule has 16 bridgehead atoms. The monoisotopic (exact) mass is 1490 g/mol. The summed E-state index contributed by atoms with van der Waals surface area (Å²) in [5.74, 6) is -4.58. The second-order valence-corrected chi connectivity index (χ2v) is 29.9. The average Bonchev–Trinajstić information content (AvgIpc) is 0.785. The Morgan fingerprint density at radius 3 is 1.05 bits per heavy atom. The highest BCUT2D eigenvalue weighted by atomic mass is 32.2. The number of aliphatic hydroxyl groups is 12. The first-order valence-corrected chi connectivity index (χ1v) is 37.0. The summed E-state index contributed by atoms with van der Waals surface area (Å²) in [4.78, 5) is 46.0. The fourth-order valence-corrected chi connectivity index (χ4v) is 16.4. The van der Waals surface area contributed by atoms with Gasteiger partial charge in [-0.15, -0.1) is 0 Å². The lowest BCUT2D eigenvalue weighted by Gasteiger charge is -2.49. The molecule has 30 aliphatic rings. The summed E-state index contributed by atoms with van der Waals surface area (Å²) in [6.07, 6.45) is -53.5. The molecule has 0 aromatic rings. The molecule has 0 unspecified atom stereocenters. The Morgan fingerprint density at radius 2 is 0.622 bits per heavy atom. The van der Waals surface area contributed by atoms with Crippen molar-refractivity contribution in [3.05, 3.63) is 0 Å². The van der Waals surface area contributed by atoms with Crippen LogP contribution in [-0.2, 0) is 95.0 Å². The Labute approximate surface area is 578 Å². The molecule has 0 amide bonds. The molecule has 564 valence electrons. The van der Waals surface area contributed by atoms with Crippen molar-refractivity contribution in [2.24, 2.45) is 0 Å². The van der Waals surface area contributed by atoms with Crippen molar-refractivity contribution in [1.29, 1.82) is 0 Å². The molecule has 0 aromatic carbocycles. The first-order valence-electron chi connectivity index (χ1n) is 32.4. The summed E-state index contributed by atoms with van der Waals surface area (Å²) in [7, 11) is 0. The highest BCUT2D eigenvalue weighted by Crippen LogP contribution is 2.40. The first kappa shape index (κ1) is 80.3. The van der Waals surface area contributed by atoms with E-state index < -0.39 is 240 Å². The van der Waals surface area contributed by atoms with Crippen molar-refractivity contribution in [3.8, 4) is 0 Å². The van der Waals surface area contributed by atoms with Gasteiger partial charge in [0.05, 0.1) is 99.9 Å². The molecule has 0 aromatic heterocycles. The molecule has 0 saturated carbocycles. The summed E-state index contributed by atoms with van der Waals surface area (Å²) >= 11 is 4.32. The van der Waals surface area contributed by atoms with Crippen molar-refractivity contribution in [2.45, 2.75) is 274 Å². The third-order valence-corrected chi connectivity index (χ3v) is 22.1. The van der Waals surface area contributed by atoms with Crippen LogP contribution in [0.4, 0.5) is 0 Å². The van der Waals surface area contributed by atoms with Gasteiger partial charge in [-0.25, -0.2) is 0 Å². The first-order chi connectivity index (χ1) is 46.6. The molecule has 98 heavy (non-hydrogen) atoms. The van der Waals surface area contributed by atoms with Gasteiger partial charge in [0, 0.05) is 71.7 Å². The van der Waals surface area contributed by atoms with Gasteiger partial charge in [0.2, 0.25) is 0 Å². The van der Waals surface area contributed by atoms with E-state index >= 15 is 0 Å². The maximum atomic E-state index is 11.9. The van der Waals surface area contributed by atoms with Crippen LogP contribution in [0.15, 0.2) is 0 Å². The zero-order chi connectivity index (χ0) is 70.8. The van der Waals surface area contributed by atoms with Gasteiger partial charge in [0.25, 0.3) is 0 Å². The maximum absolute atomic E-state index is 11.9. The molecule has 30 heterocycles. The van der Waals surface area contributed by atoms with Gasteiger partial charge in [-0.2, -0.15) is 47.0 Å². The molecule has 0 radical (unpaired) electrons. The minimum atomic E-state index is -2.08. The molecular weight excluding hydrogens is 1400 g/mol. The van der Waals surface area contributed by atoms with Crippen LogP contribution in [0.1, 0.15) is 65.2 Å². The van der Waals surface area contributed by atoms with Crippen molar-refractivity contribution < 1.29 is 177 Å². The molecule has 0 spiro atoms. The van der Waals surface area contributed by atoms with Gasteiger partial charge >= 0.3 is 23.9 Å². The van der Waals surface area contributed by atoms with Crippen LogP contribution in [-0.4, -0.2) is 374 Å². The summed E-state index contributed by atoms with van der Waals surface area (Å²) < 4.78 is 98.2. The van der Waals surface area contributed by atoms with Gasteiger partial charge in [0.15, 0.2) is 50.3 Å². The zero-order valence-electron chi connectivity index (χ0n) is 53.3. The van der Waals surface area contributed by atoms with Crippen LogP contribution in [0.25, 0.3) is 0 Å². The fourth-order valence-electron chi connectivity index (χ4n) is 12.4. The number of hydrogen-bond donors (Lipinski definition) is 16. The smallest absolute Gasteiger partial charge is 0.304 e. The van der Waals surface area contributed by atoms with Crippen molar-refractivity contribution in [1.82, 2.24) is 0 Å². The van der Waals surface area contributed by atoms with Crippen LogP contribution >= 0.6 is 47.0 Å². The van der Waals surface area contributed by atoms with Gasteiger partial charge in [-0.3, -0.25) is 19.2 Å². The SMILES string of the molecule is C[C@H]1O[C@@H]2O[C@@H]3CO[C@H](O[C@H]4C[C@@H](O)[C@@H](O[C@@H]5CO[C@H](O[C@H]6[C@H](O)[C@@H](O)[C@@H](O[C@H]7[C@H](O)[C@@H](O)[C@@H](O[C@H]8C[C@@H](O)[C@@H](O[C@H]9[C@H](O)[C@@H](O)[C@@H](O[C@H]1C[C@H]2O)O[C@@H]9CSCCC(=O)O)O[C@@H]8C)O[C@@H]7CSCCC(=O)O)O[C@@H]6CSCCC(=O)O)[C@H](O)[C@H]5O)O[C@@H]4CSCCC(=O)O)[C@H](O)C3. The third kappa shape index (κ3) is 21.2. The topological polar surface area (TPSA) is 540 Å². The van der Waals surface area contributed by atoms with Crippen LogP contribution in [0.2, 0.25) is 0 Å². The minimum Gasteiger partial charge on any atom is -0.481 e. The van der Waals surface area contributed by atoms with Crippen LogP contribution < -0.4 is 0 Å². The van der Waals surface area contributed by atoms with Gasteiger partial charge < -0.3 is 157 Å². The van der Waals surface area contributed by atoms with E-state index in [9.17, 15) is 101 Å². The van der Waals surface area contributed by atoms with Gasteiger partial charge in [0.1, 0.15) is 97.7 Å². The zero-order valence-corrected chi connectivity index (χ0v) is 56.6. The van der Waals surface area contributed by atoms with E-state index in [-0.39, 0.29) is 104 Å². The molecule has 30 fully saturated rings.